The molecule has 1 fully saturated rings. The third-order valence-corrected chi connectivity index (χ3v) is 6.21. The number of rotatable bonds is 6. The van der Waals surface area contributed by atoms with Crippen LogP contribution in [0.3, 0.4) is 0 Å². The number of halogens is 1. The van der Waals surface area contributed by atoms with Crippen LogP contribution in [0.25, 0.3) is 6.08 Å². The molecule has 1 aromatic carbocycles. The minimum atomic E-state index is -0.126. The molecule has 0 spiro atoms. The first-order valence-electron chi connectivity index (χ1n) is 8.89. The molecule has 1 amide bonds. The van der Waals surface area contributed by atoms with Gasteiger partial charge in [-0.2, -0.15) is 5.01 Å². The van der Waals surface area contributed by atoms with E-state index in [4.69, 9.17) is 21.7 Å². The molecule has 2 heterocycles. The molecular formula is C20H21IN2O3S2. The summed E-state index contributed by atoms with van der Waals surface area (Å²) >= 11 is 9.02. The highest BCUT2D eigenvalue weighted by Gasteiger charge is 2.34. The SMILES string of the molecule is CCOc1cc(/C=C2/SC(=S)N(n3c(C)ccc3C)C2=O)cc(I)c1OCC. The molecule has 148 valence electrons. The fraction of sp³-hybridized carbons (Fsp3) is 0.300. The summed E-state index contributed by atoms with van der Waals surface area (Å²) in [5.41, 5.74) is 2.80. The molecule has 1 aliphatic heterocycles. The molecule has 8 heteroatoms. The van der Waals surface area contributed by atoms with Gasteiger partial charge in [-0.25, -0.2) is 0 Å². The highest BCUT2D eigenvalue weighted by atomic mass is 127. The Morgan fingerprint density at radius 3 is 2.39 bits per heavy atom. The van der Waals surface area contributed by atoms with Crippen molar-refractivity contribution in [3.8, 4) is 11.5 Å². The Morgan fingerprint density at radius 2 is 1.79 bits per heavy atom. The van der Waals surface area contributed by atoms with Crippen LogP contribution in [-0.2, 0) is 4.79 Å². The van der Waals surface area contributed by atoms with Crippen LogP contribution in [0.5, 0.6) is 11.5 Å². The zero-order valence-electron chi connectivity index (χ0n) is 16.1. The molecule has 1 aliphatic rings. The Hall–Kier alpha value is -1.52. The molecular weight excluding hydrogens is 507 g/mol. The largest absolute Gasteiger partial charge is 0.490 e. The maximum Gasteiger partial charge on any atom is 0.285 e. The van der Waals surface area contributed by atoms with Crippen molar-refractivity contribution in [2.75, 3.05) is 18.2 Å². The van der Waals surface area contributed by atoms with E-state index in [1.54, 1.807) is 5.01 Å². The highest BCUT2D eigenvalue weighted by molar-refractivity contribution is 14.1. The van der Waals surface area contributed by atoms with E-state index in [9.17, 15) is 4.79 Å². The van der Waals surface area contributed by atoms with E-state index >= 15 is 0 Å². The van der Waals surface area contributed by atoms with Crippen LogP contribution in [0.2, 0.25) is 0 Å². The lowest BCUT2D eigenvalue weighted by atomic mass is 10.2. The monoisotopic (exact) mass is 528 g/mol. The van der Waals surface area contributed by atoms with E-state index in [-0.39, 0.29) is 5.91 Å². The lowest BCUT2D eigenvalue weighted by Crippen LogP contribution is -2.39. The molecule has 0 unspecified atom stereocenters. The molecule has 0 saturated carbocycles. The van der Waals surface area contributed by atoms with Crippen LogP contribution in [0.4, 0.5) is 0 Å². The number of hydrogen-bond donors (Lipinski definition) is 0. The summed E-state index contributed by atoms with van der Waals surface area (Å²) in [4.78, 5) is 13.6. The predicted octanol–water partition coefficient (Wildman–Crippen LogP) is 5.04. The Morgan fingerprint density at radius 1 is 1.14 bits per heavy atom. The Bertz CT molecular complexity index is 949. The first-order chi connectivity index (χ1) is 13.4. The average Bonchev–Trinajstić information content (AvgIpc) is 3.10. The minimum Gasteiger partial charge on any atom is -0.490 e. The van der Waals surface area contributed by atoms with Crippen LogP contribution < -0.4 is 14.5 Å². The van der Waals surface area contributed by atoms with Gasteiger partial charge in [-0.1, -0.05) is 11.8 Å². The number of thioether (sulfide) groups is 1. The van der Waals surface area contributed by atoms with Gasteiger partial charge < -0.3 is 9.47 Å². The molecule has 28 heavy (non-hydrogen) atoms. The zero-order chi connectivity index (χ0) is 20.4. The van der Waals surface area contributed by atoms with Crippen molar-refractivity contribution in [3.63, 3.8) is 0 Å². The van der Waals surface area contributed by atoms with Gasteiger partial charge >= 0.3 is 0 Å². The van der Waals surface area contributed by atoms with Gasteiger partial charge in [-0.15, -0.1) is 0 Å². The Balaban J connectivity index is 1.98. The number of hydrogen-bond acceptors (Lipinski definition) is 5. The zero-order valence-corrected chi connectivity index (χ0v) is 19.9. The fourth-order valence-electron chi connectivity index (χ4n) is 2.98. The van der Waals surface area contributed by atoms with Crippen molar-refractivity contribution < 1.29 is 14.3 Å². The van der Waals surface area contributed by atoms with Gasteiger partial charge in [0.2, 0.25) is 0 Å². The molecule has 0 bridgehead atoms. The van der Waals surface area contributed by atoms with Crippen molar-refractivity contribution in [1.82, 2.24) is 4.68 Å². The molecule has 0 N–H and O–H groups in total. The number of aromatic nitrogens is 1. The number of aryl methyl sites for hydroxylation is 2. The van der Waals surface area contributed by atoms with Crippen LogP contribution >= 0.6 is 46.6 Å². The van der Waals surface area contributed by atoms with Crippen LogP contribution in [0.15, 0.2) is 29.2 Å². The fourth-order valence-corrected chi connectivity index (χ4v) is 5.00. The van der Waals surface area contributed by atoms with Crippen molar-refractivity contribution in [2.24, 2.45) is 0 Å². The first-order valence-corrected chi connectivity index (χ1v) is 11.2. The van der Waals surface area contributed by atoms with Gasteiger partial charge in [0.05, 0.1) is 21.7 Å². The second-order valence-electron chi connectivity index (χ2n) is 6.12. The van der Waals surface area contributed by atoms with Gasteiger partial charge in [0.15, 0.2) is 15.8 Å². The van der Waals surface area contributed by atoms with Gasteiger partial charge in [0, 0.05) is 11.4 Å². The molecule has 1 aromatic heterocycles. The predicted molar refractivity (Wildman–Crippen MR) is 127 cm³/mol. The van der Waals surface area contributed by atoms with Crippen molar-refractivity contribution in [1.29, 1.82) is 0 Å². The van der Waals surface area contributed by atoms with Crippen LogP contribution in [0.1, 0.15) is 30.8 Å². The number of nitrogens with zero attached hydrogens (tertiary/aromatic N) is 2. The summed E-state index contributed by atoms with van der Waals surface area (Å²) in [6, 6.07) is 7.82. The van der Waals surface area contributed by atoms with E-state index in [0.717, 1.165) is 26.3 Å². The molecule has 1 saturated heterocycles. The highest BCUT2D eigenvalue weighted by Crippen LogP contribution is 2.37. The van der Waals surface area contributed by atoms with E-state index in [2.05, 4.69) is 22.6 Å². The minimum absolute atomic E-state index is 0.126. The van der Waals surface area contributed by atoms with Crippen LogP contribution in [0, 0.1) is 17.4 Å². The molecule has 0 radical (unpaired) electrons. The second kappa shape index (κ2) is 8.87. The lowest BCUT2D eigenvalue weighted by molar-refractivity contribution is -0.114. The molecule has 5 nitrogen and oxygen atoms in total. The summed E-state index contributed by atoms with van der Waals surface area (Å²) in [6.07, 6.45) is 1.86. The maximum atomic E-state index is 13.1. The molecule has 0 atom stereocenters. The topological polar surface area (TPSA) is 43.7 Å². The van der Waals surface area contributed by atoms with Gasteiger partial charge in [0.1, 0.15) is 0 Å². The third kappa shape index (κ3) is 4.08. The van der Waals surface area contributed by atoms with E-state index < -0.39 is 0 Å². The van der Waals surface area contributed by atoms with Crippen LogP contribution in [-0.4, -0.2) is 28.1 Å². The van der Waals surface area contributed by atoms with E-state index in [1.165, 1.54) is 11.8 Å². The average molecular weight is 528 g/mol. The summed E-state index contributed by atoms with van der Waals surface area (Å²) in [7, 11) is 0. The smallest absolute Gasteiger partial charge is 0.285 e. The number of thiocarbonyl (C=S) groups is 1. The summed E-state index contributed by atoms with van der Waals surface area (Å²) in [5.74, 6) is 1.28. The van der Waals surface area contributed by atoms with Gasteiger partial charge in [0.25, 0.3) is 5.91 Å². The molecule has 0 aliphatic carbocycles. The summed E-state index contributed by atoms with van der Waals surface area (Å²) < 4.78 is 14.8. The van der Waals surface area contributed by atoms with Gasteiger partial charge in [-0.3, -0.25) is 9.47 Å². The standard InChI is InChI=1S/C20H21IN2O3S2/c1-5-25-16-10-14(9-15(21)18(16)26-6-2)11-17-19(24)23(20(27)28-17)22-12(3)7-8-13(22)4/h7-11H,5-6H2,1-4H3/b17-11+. The van der Waals surface area contributed by atoms with E-state index in [1.807, 2.05) is 62.7 Å². The number of benzene rings is 1. The Kier molecular flexibility index (Phi) is 6.72. The van der Waals surface area contributed by atoms with Crippen molar-refractivity contribution in [3.05, 3.63) is 49.7 Å². The first kappa shape index (κ1) is 21.2. The third-order valence-electron chi connectivity index (χ3n) is 4.13. The molecule has 3 rings (SSSR count). The quantitative estimate of drug-likeness (QED) is 0.299. The normalized spacial score (nSPS) is 15.6. The maximum absolute atomic E-state index is 13.1. The summed E-state index contributed by atoms with van der Waals surface area (Å²) in [5, 5.41) is 1.56. The number of ether oxygens (including phenoxy) is 2. The van der Waals surface area contributed by atoms with Gasteiger partial charge in [-0.05, 0) is 98.4 Å². The van der Waals surface area contributed by atoms with Crippen molar-refractivity contribution in [2.45, 2.75) is 27.7 Å². The van der Waals surface area contributed by atoms with E-state index in [0.29, 0.717) is 28.2 Å². The molecule has 2 aromatic rings. The lowest BCUT2D eigenvalue weighted by Gasteiger charge is -2.20. The van der Waals surface area contributed by atoms with Crippen molar-refractivity contribution >= 4 is 62.9 Å². The Labute approximate surface area is 188 Å². The number of carbonyl (C=O) groups excluding carboxylic acids is 1. The summed E-state index contributed by atoms with van der Waals surface area (Å²) in [6.45, 7) is 8.88. The number of carbonyl (C=O) groups is 1. The second-order valence-corrected chi connectivity index (χ2v) is 8.96. The number of amides is 1.